The lowest BCUT2D eigenvalue weighted by Gasteiger charge is -2.22. The zero-order valence-electron chi connectivity index (χ0n) is 16.6. The van der Waals surface area contributed by atoms with Crippen LogP contribution in [0.2, 0.25) is 5.02 Å². The lowest BCUT2D eigenvalue weighted by atomic mass is 10.1. The minimum atomic E-state index is -3.64. The Labute approximate surface area is 182 Å². The molecule has 2 rings (SSSR count). The van der Waals surface area contributed by atoms with Gasteiger partial charge in [0.05, 0.1) is 18.6 Å². The van der Waals surface area contributed by atoms with E-state index in [1.54, 1.807) is 42.3 Å². The van der Waals surface area contributed by atoms with Crippen molar-refractivity contribution in [1.29, 1.82) is 0 Å². The molecule has 0 radical (unpaired) electrons. The van der Waals surface area contributed by atoms with Crippen LogP contribution in [0.1, 0.15) is 11.1 Å². The Kier molecular flexibility index (Phi) is 8.48. The molecule has 0 aliphatic rings. The third kappa shape index (κ3) is 6.36. The van der Waals surface area contributed by atoms with Crippen molar-refractivity contribution in [3.63, 3.8) is 0 Å². The summed E-state index contributed by atoms with van der Waals surface area (Å²) in [6.07, 6.45) is 6.87. The average molecular weight is 447 g/mol. The topological polar surface area (TPSA) is 75.7 Å². The third-order valence-electron chi connectivity index (χ3n) is 4.36. The van der Waals surface area contributed by atoms with E-state index in [0.717, 1.165) is 11.1 Å². The van der Waals surface area contributed by atoms with Crippen molar-refractivity contribution in [1.82, 2.24) is 9.62 Å². The van der Waals surface area contributed by atoms with E-state index in [2.05, 4.69) is 17.2 Å². The second kappa shape index (κ2) is 10.8. The van der Waals surface area contributed by atoms with Crippen LogP contribution in [-0.2, 0) is 27.8 Å². The molecule has 6 nitrogen and oxygen atoms in total. The molecular formula is C22H23ClN2O4S. The van der Waals surface area contributed by atoms with Gasteiger partial charge in [0.2, 0.25) is 15.9 Å². The van der Waals surface area contributed by atoms with Crippen LogP contribution >= 0.6 is 11.6 Å². The first-order valence-electron chi connectivity index (χ1n) is 9.06. The average Bonchev–Trinajstić information content (AvgIpc) is 2.75. The maximum Gasteiger partial charge on any atom is 0.246 e. The molecule has 0 spiro atoms. The highest BCUT2D eigenvalue weighted by atomic mass is 35.5. The standard InChI is InChI=1S/C22H23ClN2O4S/c1-4-13-24-30(27,28)20-9-6-17(7-10-20)12-14-25(22(26)5-2)16-18-15-19(23)8-11-21(18)29-3/h1,5-11,15,24H,2,12-14,16H2,3H3. The molecule has 0 atom stereocenters. The summed E-state index contributed by atoms with van der Waals surface area (Å²) in [5.74, 6) is 2.64. The molecule has 2 aromatic carbocycles. The SMILES string of the molecule is C#CCNS(=O)(=O)c1ccc(CCN(Cc2cc(Cl)ccc2OC)C(=O)C=C)cc1. The van der Waals surface area contributed by atoms with E-state index in [9.17, 15) is 13.2 Å². The normalized spacial score (nSPS) is 10.8. The van der Waals surface area contributed by atoms with Crippen LogP contribution in [0.25, 0.3) is 0 Å². The first-order chi connectivity index (χ1) is 14.3. The number of benzene rings is 2. The van der Waals surface area contributed by atoms with Gasteiger partial charge in [-0.05, 0) is 48.4 Å². The van der Waals surface area contributed by atoms with Crippen LogP contribution in [0.3, 0.4) is 0 Å². The Bertz CT molecular complexity index is 1040. The Hall–Kier alpha value is -2.79. The number of terminal acetylenes is 1. The Morgan fingerprint density at radius 3 is 2.60 bits per heavy atom. The summed E-state index contributed by atoms with van der Waals surface area (Å²) in [5.41, 5.74) is 1.66. The van der Waals surface area contributed by atoms with Gasteiger partial charge in [-0.2, -0.15) is 4.72 Å². The number of ether oxygens (including phenoxy) is 1. The molecule has 158 valence electrons. The summed E-state index contributed by atoms with van der Waals surface area (Å²) >= 11 is 6.08. The number of hydrogen-bond donors (Lipinski definition) is 1. The Balaban J connectivity index is 2.12. The van der Waals surface area contributed by atoms with Crippen LogP contribution in [0.15, 0.2) is 60.0 Å². The van der Waals surface area contributed by atoms with Gasteiger partial charge in [-0.15, -0.1) is 6.42 Å². The molecule has 8 heteroatoms. The van der Waals surface area contributed by atoms with Gasteiger partial charge in [0.15, 0.2) is 0 Å². The predicted molar refractivity (Wildman–Crippen MR) is 118 cm³/mol. The third-order valence-corrected chi connectivity index (χ3v) is 6.01. The van der Waals surface area contributed by atoms with Crippen molar-refractivity contribution in [2.75, 3.05) is 20.2 Å². The van der Waals surface area contributed by atoms with E-state index in [-0.39, 0.29) is 17.3 Å². The van der Waals surface area contributed by atoms with Crippen molar-refractivity contribution in [3.05, 3.63) is 71.3 Å². The van der Waals surface area contributed by atoms with Gasteiger partial charge in [-0.1, -0.05) is 36.2 Å². The number of carbonyl (C=O) groups excluding carboxylic acids is 1. The molecule has 1 N–H and O–H groups in total. The number of sulfonamides is 1. The highest BCUT2D eigenvalue weighted by Gasteiger charge is 2.16. The van der Waals surface area contributed by atoms with Crippen molar-refractivity contribution in [2.45, 2.75) is 17.9 Å². The maximum atomic E-state index is 12.3. The fourth-order valence-electron chi connectivity index (χ4n) is 2.79. The van der Waals surface area contributed by atoms with Crippen molar-refractivity contribution >= 4 is 27.5 Å². The Morgan fingerprint density at radius 2 is 2.00 bits per heavy atom. The number of nitrogens with zero attached hydrogens (tertiary/aromatic N) is 1. The molecule has 30 heavy (non-hydrogen) atoms. The number of carbonyl (C=O) groups is 1. The molecule has 2 aromatic rings. The number of methoxy groups -OCH3 is 1. The lowest BCUT2D eigenvalue weighted by molar-refractivity contribution is -0.126. The molecule has 0 saturated carbocycles. The quantitative estimate of drug-likeness (QED) is 0.449. The highest BCUT2D eigenvalue weighted by Crippen LogP contribution is 2.24. The first-order valence-corrected chi connectivity index (χ1v) is 10.9. The second-order valence-corrected chi connectivity index (χ2v) is 8.55. The van der Waals surface area contributed by atoms with Crippen LogP contribution < -0.4 is 9.46 Å². The van der Waals surface area contributed by atoms with Crippen LogP contribution in [0, 0.1) is 12.3 Å². The second-order valence-electron chi connectivity index (χ2n) is 6.34. The molecule has 0 aliphatic carbocycles. The van der Waals surface area contributed by atoms with Gasteiger partial charge >= 0.3 is 0 Å². The number of rotatable bonds is 10. The first kappa shape index (κ1) is 23.5. The van der Waals surface area contributed by atoms with E-state index < -0.39 is 10.0 Å². The monoisotopic (exact) mass is 446 g/mol. The summed E-state index contributed by atoms with van der Waals surface area (Å²) in [4.78, 5) is 14.1. The molecule has 0 fully saturated rings. The summed E-state index contributed by atoms with van der Waals surface area (Å²) in [5, 5.41) is 0.548. The molecule has 0 unspecified atom stereocenters. The maximum absolute atomic E-state index is 12.3. The minimum absolute atomic E-state index is 0.0737. The molecule has 0 bridgehead atoms. The molecule has 1 amide bonds. The van der Waals surface area contributed by atoms with Crippen molar-refractivity contribution < 1.29 is 17.9 Å². The number of amides is 1. The van der Waals surface area contributed by atoms with Crippen LogP contribution in [0.5, 0.6) is 5.75 Å². The molecule has 0 saturated heterocycles. The molecule has 0 aliphatic heterocycles. The predicted octanol–water partition coefficient (Wildman–Crippen LogP) is 3.02. The van der Waals surface area contributed by atoms with E-state index >= 15 is 0 Å². The van der Waals surface area contributed by atoms with Gasteiger partial charge in [0, 0.05) is 23.7 Å². The van der Waals surface area contributed by atoms with Gasteiger partial charge in [0.1, 0.15) is 5.75 Å². The smallest absolute Gasteiger partial charge is 0.246 e. The van der Waals surface area contributed by atoms with Gasteiger partial charge in [-0.25, -0.2) is 8.42 Å². The van der Waals surface area contributed by atoms with E-state index in [1.807, 2.05) is 0 Å². The van der Waals surface area contributed by atoms with Gasteiger partial charge in [-0.3, -0.25) is 4.79 Å². The van der Waals surface area contributed by atoms with Crippen LogP contribution in [0.4, 0.5) is 0 Å². The van der Waals surface area contributed by atoms with E-state index in [1.165, 1.54) is 18.2 Å². The zero-order chi connectivity index (χ0) is 22.1. The molecular weight excluding hydrogens is 424 g/mol. The van der Waals surface area contributed by atoms with Crippen LogP contribution in [-0.4, -0.2) is 39.4 Å². The summed E-state index contributed by atoms with van der Waals surface area (Å²) in [6.45, 7) is 4.20. The number of hydrogen-bond acceptors (Lipinski definition) is 4. The molecule has 0 aromatic heterocycles. The van der Waals surface area contributed by atoms with Crippen molar-refractivity contribution in [3.8, 4) is 18.1 Å². The summed E-state index contributed by atoms with van der Waals surface area (Å²) < 4.78 is 31.9. The van der Waals surface area contributed by atoms with Gasteiger partial charge < -0.3 is 9.64 Å². The molecule has 0 heterocycles. The summed E-state index contributed by atoms with van der Waals surface area (Å²) in [6, 6.07) is 11.7. The van der Waals surface area contributed by atoms with Gasteiger partial charge in [0.25, 0.3) is 0 Å². The van der Waals surface area contributed by atoms with E-state index in [4.69, 9.17) is 22.8 Å². The number of nitrogens with one attached hydrogen (secondary N) is 1. The lowest BCUT2D eigenvalue weighted by Crippen LogP contribution is -2.31. The number of halogens is 1. The van der Waals surface area contributed by atoms with Crippen molar-refractivity contribution in [2.24, 2.45) is 0 Å². The minimum Gasteiger partial charge on any atom is -0.496 e. The largest absolute Gasteiger partial charge is 0.496 e. The highest BCUT2D eigenvalue weighted by molar-refractivity contribution is 7.89. The Morgan fingerprint density at radius 1 is 1.30 bits per heavy atom. The zero-order valence-corrected chi connectivity index (χ0v) is 18.2. The van der Waals surface area contributed by atoms with E-state index in [0.29, 0.717) is 30.3 Å². The summed E-state index contributed by atoms with van der Waals surface area (Å²) in [7, 11) is -2.08. The fourth-order valence-corrected chi connectivity index (χ4v) is 3.92. The fraction of sp³-hybridized carbons (Fsp3) is 0.227.